The number of nitrogens with zero attached hydrogens (tertiary/aromatic N) is 1. The maximum absolute atomic E-state index is 12.5. The lowest BCUT2D eigenvalue weighted by Gasteiger charge is -2.16. The van der Waals surface area contributed by atoms with Gasteiger partial charge in [0.15, 0.2) is 11.5 Å². The lowest BCUT2D eigenvalue weighted by molar-refractivity contribution is -0.117. The van der Waals surface area contributed by atoms with Crippen LogP contribution in [0.1, 0.15) is 24.1 Å². The SMILES string of the molecule is COc1ccc(C(C)NC(=O)/C(C#N)=C\Nc2cc(Cl)ccc2C)cc1OC. The lowest BCUT2D eigenvalue weighted by atomic mass is 10.1. The van der Waals surface area contributed by atoms with Gasteiger partial charge in [-0.3, -0.25) is 4.79 Å². The Hall–Kier alpha value is -3.17. The summed E-state index contributed by atoms with van der Waals surface area (Å²) in [5.74, 6) is 0.677. The summed E-state index contributed by atoms with van der Waals surface area (Å²) in [6.07, 6.45) is 1.37. The molecule has 2 N–H and O–H groups in total. The Morgan fingerprint density at radius 1 is 1.18 bits per heavy atom. The Morgan fingerprint density at radius 3 is 2.54 bits per heavy atom. The van der Waals surface area contributed by atoms with Gasteiger partial charge in [-0.25, -0.2) is 0 Å². The minimum Gasteiger partial charge on any atom is -0.493 e. The highest BCUT2D eigenvalue weighted by Gasteiger charge is 2.16. The van der Waals surface area contributed by atoms with Gasteiger partial charge in [-0.15, -0.1) is 0 Å². The van der Waals surface area contributed by atoms with E-state index in [1.54, 1.807) is 38.5 Å². The topological polar surface area (TPSA) is 83.4 Å². The van der Waals surface area contributed by atoms with E-state index in [0.717, 1.165) is 16.8 Å². The van der Waals surface area contributed by atoms with Crippen molar-refractivity contribution in [1.82, 2.24) is 5.32 Å². The summed E-state index contributed by atoms with van der Waals surface area (Å²) in [6.45, 7) is 3.72. The molecule has 0 heterocycles. The molecule has 0 saturated heterocycles. The van der Waals surface area contributed by atoms with Gasteiger partial charge in [-0.05, 0) is 49.2 Å². The van der Waals surface area contributed by atoms with Gasteiger partial charge >= 0.3 is 0 Å². The second kappa shape index (κ2) is 9.67. The van der Waals surface area contributed by atoms with E-state index in [1.165, 1.54) is 6.20 Å². The molecule has 1 amide bonds. The minimum absolute atomic E-state index is 0.0493. The highest BCUT2D eigenvalue weighted by atomic mass is 35.5. The number of amides is 1. The summed E-state index contributed by atoms with van der Waals surface area (Å²) in [4.78, 5) is 12.5. The van der Waals surface area contributed by atoms with E-state index in [9.17, 15) is 10.1 Å². The van der Waals surface area contributed by atoms with Gasteiger partial charge in [0.25, 0.3) is 5.91 Å². The summed E-state index contributed by atoms with van der Waals surface area (Å²) in [7, 11) is 3.10. The van der Waals surface area contributed by atoms with E-state index in [2.05, 4.69) is 10.6 Å². The van der Waals surface area contributed by atoms with Gasteiger partial charge in [-0.1, -0.05) is 23.7 Å². The van der Waals surface area contributed by atoms with E-state index < -0.39 is 5.91 Å². The van der Waals surface area contributed by atoms with E-state index in [4.69, 9.17) is 21.1 Å². The molecule has 1 atom stereocenters. The van der Waals surface area contributed by atoms with Gasteiger partial charge in [0.2, 0.25) is 0 Å². The van der Waals surface area contributed by atoms with Crippen molar-refractivity contribution >= 4 is 23.2 Å². The first-order valence-corrected chi connectivity index (χ1v) is 8.93. The van der Waals surface area contributed by atoms with Gasteiger partial charge in [0.05, 0.1) is 20.3 Å². The summed E-state index contributed by atoms with van der Waals surface area (Å²) < 4.78 is 10.5. The number of ether oxygens (including phenoxy) is 2. The quantitative estimate of drug-likeness (QED) is 0.533. The number of hydrogen-bond acceptors (Lipinski definition) is 5. The van der Waals surface area contributed by atoms with E-state index in [-0.39, 0.29) is 11.6 Å². The molecule has 0 spiro atoms. The van der Waals surface area contributed by atoms with Crippen molar-refractivity contribution in [2.24, 2.45) is 0 Å². The summed E-state index contributed by atoms with van der Waals surface area (Å²) in [5, 5.41) is 15.7. The molecule has 6 nitrogen and oxygen atoms in total. The molecule has 146 valence electrons. The standard InChI is InChI=1S/C21H22ClN3O3/c1-13-5-7-17(22)10-18(13)24-12-16(11-23)21(26)25-14(2)15-6-8-19(27-3)20(9-15)28-4/h5-10,12,14,24H,1-4H3,(H,25,26)/b16-12-. The molecule has 1 unspecified atom stereocenters. The number of hydrogen-bond donors (Lipinski definition) is 2. The van der Waals surface area contributed by atoms with Gasteiger partial charge < -0.3 is 20.1 Å². The van der Waals surface area contributed by atoms with Crippen LogP contribution in [0.3, 0.4) is 0 Å². The molecule has 2 aromatic carbocycles. The van der Waals surface area contributed by atoms with Crippen LogP contribution in [0, 0.1) is 18.3 Å². The lowest BCUT2D eigenvalue weighted by Crippen LogP contribution is -2.28. The normalized spacial score (nSPS) is 11.9. The Balaban J connectivity index is 2.13. The molecule has 2 rings (SSSR count). The molecule has 0 aliphatic heterocycles. The fraction of sp³-hybridized carbons (Fsp3) is 0.238. The van der Waals surface area contributed by atoms with Crippen LogP contribution in [0.2, 0.25) is 5.02 Å². The number of rotatable bonds is 7. The van der Waals surface area contributed by atoms with Crippen molar-refractivity contribution in [2.75, 3.05) is 19.5 Å². The number of carbonyl (C=O) groups is 1. The van der Waals surface area contributed by atoms with Crippen molar-refractivity contribution in [3.8, 4) is 17.6 Å². The molecule has 0 saturated carbocycles. The average molecular weight is 400 g/mol. The van der Waals surface area contributed by atoms with Crippen molar-refractivity contribution in [2.45, 2.75) is 19.9 Å². The summed E-state index contributed by atoms with van der Waals surface area (Å²) in [6, 6.07) is 12.3. The number of carbonyl (C=O) groups excluding carboxylic acids is 1. The first-order chi connectivity index (χ1) is 13.4. The van der Waals surface area contributed by atoms with Gasteiger partial charge in [0, 0.05) is 16.9 Å². The van der Waals surface area contributed by atoms with Crippen LogP contribution in [-0.2, 0) is 4.79 Å². The molecule has 0 aromatic heterocycles. The van der Waals surface area contributed by atoms with Crippen LogP contribution < -0.4 is 20.1 Å². The number of halogens is 1. The van der Waals surface area contributed by atoms with Crippen LogP contribution in [0.5, 0.6) is 11.5 Å². The van der Waals surface area contributed by atoms with Gasteiger partial charge in [-0.2, -0.15) is 5.26 Å². The first kappa shape index (κ1) is 21.1. The highest BCUT2D eigenvalue weighted by Crippen LogP contribution is 2.30. The van der Waals surface area contributed by atoms with E-state index in [0.29, 0.717) is 16.5 Å². The first-order valence-electron chi connectivity index (χ1n) is 8.55. The maximum Gasteiger partial charge on any atom is 0.263 e. The fourth-order valence-corrected chi connectivity index (χ4v) is 2.70. The Bertz CT molecular complexity index is 935. The molecule has 28 heavy (non-hydrogen) atoms. The van der Waals surface area contributed by atoms with Crippen LogP contribution in [0.4, 0.5) is 5.69 Å². The molecule has 0 radical (unpaired) electrons. The van der Waals surface area contributed by atoms with Crippen molar-refractivity contribution < 1.29 is 14.3 Å². The number of anilines is 1. The second-order valence-corrected chi connectivity index (χ2v) is 6.52. The molecule has 0 aliphatic carbocycles. The number of methoxy groups -OCH3 is 2. The maximum atomic E-state index is 12.5. The van der Waals surface area contributed by atoms with Crippen molar-refractivity contribution in [3.63, 3.8) is 0 Å². The third-order valence-electron chi connectivity index (χ3n) is 4.19. The molecular weight excluding hydrogens is 378 g/mol. The van der Waals surface area contributed by atoms with Crippen LogP contribution in [-0.4, -0.2) is 20.1 Å². The number of aryl methyl sites for hydroxylation is 1. The molecule has 7 heteroatoms. The zero-order valence-corrected chi connectivity index (χ0v) is 16.9. The molecule has 0 bridgehead atoms. The summed E-state index contributed by atoms with van der Waals surface area (Å²) in [5.41, 5.74) is 2.44. The Labute approximate surface area is 169 Å². The highest BCUT2D eigenvalue weighted by molar-refractivity contribution is 6.30. The van der Waals surface area contributed by atoms with Crippen LogP contribution >= 0.6 is 11.6 Å². The van der Waals surface area contributed by atoms with Crippen LogP contribution in [0.15, 0.2) is 48.2 Å². The number of benzene rings is 2. The average Bonchev–Trinajstić information content (AvgIpc) is 2.70. The third kappa shape index (κ3) is 5.18. The molecule has 0 aliphatic rings. The molecule has 2 aromatic rings. The van der Waals surface area contributed by atoms with Gasteiger partial charge in [0.1, 0.15) is 11.6 Å². The second-order valence-electron chi connectivity index (χ2n) is 6.08. The van der Waals surface area contributed by atoms with Crippen molar-refractivity contribution in [1.29, 1.82) is 5.26 Å². The largest absolute Gasteiger partial charge is 0.493 e. The monoisotopic (exact) mass is 399 g/mol. The number of nitrogens with one attached hydrogen (secondary N) is 2. The molecule has 0 fully saturated rings. The Kier molecular flexibility index (Phi) is 7.30. The fourth-order valence-electron chi connectivity index (χ4n) is 2.53. The molecular formula is C21H22ClN3O3. The van der Waals surface area contributed by atoms with Crippen molar-refractivity contribution in [3.05, 3.63) is 64.3 Å². The van der Waals surface area contributed by atoms with E-state index >= 15 is 0 Å². The zero-order chi connectivity index (χ0) is 20.7. The van der Waals surface area contributed by atoms with Crippen LogP contribution in [0.25, 0.3) is 0 Å². The third-order valence-corrected chi connectivity index (χ3v) is 4.43. The minimum atomic E-state index is -0.489. The van der Waals surface area contributed by atoms with E-state index in [1.807, 2.05) is 32.0 Å². The number of nitriles is 1. The Morgan fingerprint density at radius 2 is 1.89 bits per heavy atom. The zero-order valence-electron chi connectivity index (χ0n) is 16.2. The predicted octanol–water partition coefficient (Wildman–Crippen LogP) is 4.36. The summed E-state index contributed by atoms with van der Waals surface area (Å²) >= 11 is 5.99. The predicted molar refractivity (Wildman–Crippen MR) is 110 cm³/mol. The smallest absolute Gasteiger partial charge is 0.263 e.